The van der Waals surface area contributed by atoms with Crippen LogP contribution in [0.2, 0.25) is 0 Å². The van der Waals surface area contributed by atoms with Crippen LogP contribution < -0.4 is 5.32 Å². The van der Waals surface area contributed by atoms with Crippen LogP contribution in [0.1, 0.15) is 192 Å². The van der Waals surface area contributed by atoms with Crippen molar-refractivity contribution >= 4 is 5.91 Å². The average Bonchev–Trinajstić information content (AvgIpc) is 2.96. The van der Waals surface area contributed by atoms with E-state index in [4.69, 9.17) is 0 Å². The maximum absolute atomic E-state index is 12.3. The molecule has 1 aromatic rings. The summed E-state index contributed by atoms with van der Waals surface area (Å²) in [4.78, 5) is 12.3. The van der Waals surface area contributed by atoms with Crippen LogP contribution in [0.4, 0.5) is 0 Å². The summed E-state index contributed by atoms with van der Waals surface area (Å²) in [6.45, 7) is 4.88. The van der Waals surface area contributed by atoms with Crippen LogP contribution in [0.5, 0.6) is 5.75 Å². The number of phenols is 1. The third-order valence-electron chi connectivity index (χ3n) is 8.63. The molecule has 0 spiro atoms. The number of benzene rings is 1. The quantitative estimate of drug-likeness (QED) is 0.0962. The Morgan fingerprint density at radius 3 is 1.25 bits per heavy atom. The molecule has 3 heteroatoms. The van der Waals surface area contributed by atoms with E-state index in [0.717, 1.165) is 13.0 Å². The molecule has 2 N–H and O–H groups in total. The van der Waals surface area contributed by atoms with E-state index >= 15 is 0 Å². The van der Waals surface area contributed by atoms with Crippen LogP contribution in [0.25, 0.3) is 0 Å². The maximum atomic E-state index is 12.3. The monoisotopic (exact) mass is 558 g/mol. The summed E-state index contributed by atoms with van der Waals surface area (Å²) in [7, 11) is 0. The van der Waals surface area contributed by atoms with Crippen molar-refractivity contribution in [1.29, 1.82) is 0 Å². The van der Waals surface area contributed by atoms with Gasteiger partial charge in [0.2, 0.25) is 5.91 Å². The van der Waals surface area contributed by atoms with Crippen LogP contribution in [0.3, 0.4) is 0 Å². The Kier molecular flexibility index (Phi) is 25.2. The minimum absolute atomic E-state index is 0.00101. The molecular weight excluding hydrogens is 490 g/mol. The molecule has 40 heavy (non-hydrogen) atoms. The van der Waals surface area contributed by atoms with Gasteiger partial charge in [-0.25, -0.2) is 0 Å². The predicted octanol–water partition coefficient (Wildman–Crippen LogP) is 11.8. The zero-order valence-corrected chi connectivity index (χ0v) is 26.8. The van der Waals surface area contributed by atoms with Crippen LogP contribution in [-0.2, 0) is 4.79 Å². The summed E-state index contributed by atoms with van der Waals surface area (Å²) < 4.78 is 0. The lowest BCUT2D eigenvalue weighted by Gasteiger charge is -2.13. The molecule has 3 nitrogen and oxygen atoms in total. The van der Waals surface area contributed by atoms with E-state index in [0.29, 0.717) is 5.56 Å². The zero-order valence-electron chi connectivity index (χ0n) is 26.8. The van der Waals surface area contributed by atoms with Gasteiger partial charge in [-0.1, -0.05) is 186 Å². The molecule has 0 aromatic heterocycles. The van der Waals surface area contributed by atoms with Crippen molar-refractivity contribution in [1.82, 2.24) is 5.32 Å². The molecule has 1 atom stereocenters. The largest absolute Gasteiger partial charge is 0.508 e. The summed E-state index contributed by atoms with van der Waals surface area (Å²) in [5, 5.41) is 12.9. The second kappa shape index (κ2) is 27.6. The first kappa shape index (κ1) is 36.5. The first-order chi connectivity index (χ1) is 19.7. The molecule has 1 unspecified atom stereocenters. The smallest absolute Gasteiger partial charge is 0.227 e. The van der Waals surface area contributed by atoms with Gasteiger partial charge in [0, 0.05) is 12.1 Å². The number of nitrogens with one attached hydrogen (secondary N) is 1. The molecule has 0 aliphatic rings. The Hall–Kier alpha value is -1.51. The van der Waals surface area contributed by atoms with E-state index in [1.165, 1.54) is 161 Å². The maximum Gasteiger partial charge on any atom is 0.227 e. The number of hydrogen-bond acceptors (Lipinski definition) is 2. The van der Waals surface area contributed by atoms with Gasteiger partial charge in [-0.05, 0) is 19.4 Å². The number of unbranched alkanes of at least 4 members (excludes halogenated alkanes) is 25. The highest BCUT2D eigenvalue weighted by Crippen LogP contribution is 2.25. The van der Waals surface area contributed by atoms with Crippen molar-refractivity contribution in [3.8, 4) is 5.75 Å². The lowest BCUT2D eigenvalue weighted by atomic mass is 9.99. The minimum Gasteiger partial charge on any atom is -0.508 e. The normalized spacial score (nSPS) is 12.1. The zero-order chi connectivity index (χ0) is 28.9. The van der Waals surface area contributed by atoms with Gasteiger partial charge in [0.25, 0.3) is 0 Å². The van der Waals surface area contributed by atoms with Gasteiger partial charge in [-0.2, -0.15) is 0 Å². The summed E-state index contributed by atoms with van der Waals surface area (Å²) in [5.74, 6) is -0.114. The van der Waals surface area contributed by atoms with Crippen molar-refractivity contribution in [2.75, 3.05) is 6.54 Å². The lowest BCUT2D eigenvalue weighted by molar-refractivity contribution is -0.122. The van der Waals surface area contributed by atoms with Crippen LogP contribution >= 0.6 is 0 Å². The number of carbonyl (C=O) groups excluding carboxylic acids is 1. The molecule has 0 saturated carbocycles. The highest BCUT2D eigenvalue weighted by atomic mass is 16.3. The molecule has 0 aliphatic heterocycles. The topological polar surface area (TPSA) is 49.3 Å². The molecule has 1 aromatic carbocycles. The highest BCUT2D eigenvalue weighted by Gasteiger charge is 2.17. The molecule has 232 valence electrons. The number of amides is 1. The van der Waals surface area contributed by atoms with Gasteiger partial charge >= 0.3 is 0 Å². The second-order valence-electron chi connectivity index (χ2n) is 12.4. The number of para-hydroxylation sites is 1. The number of rotatable bonds is 29. The Morgan fingerprint density at radius 2 is 0.900 bits per heavy atom. The average molecular weight is 558 g/mol. The van der Waals surface area contributed by atoms with Gasteiger partial charge in [-0.3, -0.25) is 4.79 Å². The van der Waals surface area contributed by atoms with Gasteiger partial charge in [-0.15, -0.1) is 0 Å². The molecule has 0 heterocycles. The Bertz CT molecular complexity index is 688. The number of hydrogen-bond donors (Lipinski definition) is 2. The molecule has 0 fully saturated rings. The van der Waals surface area contributed by atoms with E-state index in [1.54, 1.807) is 12.1 Å². The molecule has 0 bridgehead atoms. The van der Waals surface area contributed by atoms with E-state index in [-0.39, 0.29) is 17.6 Å². The van der Waals surface area contributed by atoms with E-state index in [2.05, 4.69) is 12.2 Å². The first-order valence-electron chi connectivity index (χ1n) is 17.7. The van der Waals surface area contributed by atoms with Gasteiger partial charge in [0.1, 0.15) is 5.75 Å². The third kappa shape index (κ3) is 21.3. The van der Waals surface area contributed by atoms with Crippen LogP contribution in [0, 0.1) is 0 Å². The number of phenolic OH excluding ortho intramolecular Hbond substituents is 1. The molecular formula is C37H67NO2. The minimum atomic E-state index is -0.315. The van der Waals surface area contributed by atoms with Crippen molar-refractivity contribution in [3.63, 3.8) is 0 Å². The standard InChI is InChI=1S/C37H67NO2/c1-3-4-5-6-7-8-9-10-11-12-13-14-15-16-17-18-19-20-21-22-23-24-25-26-27-30-33-38-37(40)34(2)35-31-28-29-32-36(35)39/h28-29,31-32,34,39H,3-27,30,33H2,1-2H3,(H,38,40). The van der Waals surface area contributed by atoms with Crippen LogP contribution in [-0.4, -0.2) is 17.6 Å². The molecule has 1 amide bonds. The Labute approximate surface area is 249 Å². The molecule has 0 aliphatic carbocycles. The summed E-state index contributed by atoms with van der Waals surface area (Å²) in [6, 6.07) is 7.11. The summed E-state index contributed by atoms with van der Waals surface area (Å²) in [5.41, 5.74) is 0.699. The predicted molar refractivity (Wildman–Crippen MR) is 175 cm³/mol. The number of aromatic hydroxyl groups is 1. The first-order valence-corrected chi connectivity index (χ1v) is 17.7. The Balaban J connectivity index is 1.72. The van der Waals surface area contributed by atoms with Crippen LogP contribution in [0.15, 0.2) is 24.3 Å². The van der Waals surface area contributed by atoms with Crippen molar-refractivity contribution < 1.29 is 9.90 Å². The van der Waals surface area contributed by atoms with Gasteiger partial charge in [0.05, 0.1) is 5.92 Å². The van der Waals surface area contributed by atoms with Crippen molar-refractivity contribution in [3.05, 3.63) is 29.8 Å². The number of carbonyl (C=O) groups is 1. The lowest BCUT2D eigenvalue weighted by Crippen LogP contribution is -2.28. The third-order valence-corrected chi connectivity index (χ3v) is 8.63. The molecule has 1 rings (SSSR count). The van der Waals surface area contributed by atoms with Crippen molar-refractivity contribution in [2.45, 2.75) is 187 Å². The SMILES string of the molecule is CCCCCCCCCCCCCCCCCCCCCCCCCCCCNC(=O)C(C)c1ccccc1O. The molecule has 0 saturated heterocycles. The van der Waals surface area contributed by atoms with E-state index < -0.39 is 0 Å². The summed E-state index contributed by atoms with van der Waals surface area (Å²) in [6.07, 6.45) is 36.5. The van der Waals surface area contributed by atoms with Crippen molar-refractivity contribution in [2.24, 2.45) is 0 Å². The highest BCUT2D eigenvalue weighted by molar-refractivity contribution is 5.83. The fourth-order valence-corrected chi connectivity index (χ4v) is 5.80. The second-order valence-corrected chi connectivity index (χ2v) is 12.4. The van der Waals surface area contributed by atoms with Gasteiger partial charge < -0.3 is 10.4 Å². The van der Waals surface area contributed by atoms with Gasteiger partial charge in [0.15, 0.2) is 0 Å². The van der Waals surface area contributed by atoms with E-state index in [9.17, 15) is 9.90 Å². The summed E-state index contributed by atoms with van der Waals surface area (Å²) >= 11 is 0. The fraction of sp³-hybridized carbons (Fsp3) is 0.811. The fourth-order valence-electron chi connectivity index (χ4n) is 5.80. The Morgan fingerprint density at radius 1 is 0.575 bits per heavy atom. The van der Waals surface area contributed by atoms with E-state index in [1.807, 2.05) is 19.1 Å². The molecule has 0 radical (unpaired) electrons.